The minimum Gasteiger partial charge on any atom is -0.363 e. The van der Waals surface area contributed by atoms with E-state index >= 15 is 0 Å². The first kappa shape index (κ1) is 19.6. The summed E-state index contributed by atoms with van der Waals surface area (Å²) in [7, 11) is 3.91. The van der Waals surface area contributed by atoms with Gasteiger partial charge in [-0.3, -0.25) is 9.59 Å². The lowest BCUT2D eigenvalue weighted by molar-refractivity contribution is -0.136. The van der Waals surface area contributed by atoms with E-state index in [0.717, 1.165) is 43.6 Å². The van der Waals surface area contributed by atoms with Gasteiger partial charge in [0.1, 0.15) is 12.1 Å². The summed E-state index contributed by atoms with van der Waals surface area (Å²) in [6, 6.07) is 1.99. The van der Waals surface area contributed by atoms with Crippen LogP contribution in [0.25, 0.3) is 0 Å². The van der Waals surface area contributed by atoms with Crippen LogP contribution >= 0.6 is 0 Å². The molecule has 148 valence electrons. The zero-order valence-electron chi connectivity index (χ0n) is 16.7. The largest absolute Gasteiger partial charge is 0.363 e. The van der Waals surface area contributed by atoms with Gasteiger partial charge in [0.15, 0.2) is 0 Å². The van der Waals surface area contributed by atoms with Crippen molar-refractivity contribution in [2.45, 2.75) is 39.0 Å². The quantitative estimate of drug-likeness (QED) is 0.801. The molecular formula is C20H31N5O2. The van der Waals surface area contributed by atoms with Gasteiger partial charge < -0.3 is 14.7 Å². The highest BCUT2D eigenvalue weighted by atomic mass is 16.2. The summed E-state index contributed by atoms with van der Waals surface area (Å²) in [5.41, 5.74) is 0.956. The minimum atomic E-state index is 0.0758. The Hall–Kier alpha value is -2.18. The molecule has 0 N–H and O–H groups in total. The SMILES string of the molecule is CC(=O)N1CCN(C(=O)C2CCCC2)C[C@@H](Cc2cc(N(C)C)ncn2)C1. The number of carbonyl (C=O) groups excluding carboxylic acids is 2. The van der Waals surface area contributed by atoms with Crippen LogP contribution in [-0.2, 0) is 16.0 Å². The Bertz CT molecular complexity index is 672. The van der Waals surface area contributed by atoms with Crippen molar-refractivity contribution >= 4 is 17.6 Å². The molecule has 1 aromatic rings. The van der Waals surface area contributed by atoms with E-state index in [9.17, 15) is 9.59 Å². The van der Waals surface area contributed by atoms with Crippen molar-refractivity contribution < 1.29 is 9.59 Å². The van der Waals surface area contributed by atoms with E-state index in [1.807, 2.05) is 34.9 Å². The summed E-state index contributed by atoms with van der Waals surface area (Å²) in [4.78, 5) is 39.5. The fraction of sp³-hybridized carbons (Fsp3) is 0.700. The Balaban J connectivity index is 1.74. The molecule has 1 aliphatic heterocycles. The highest BCUT2D eigenvalue weighted by Crippen LogP contribution is 2.28. The van der Waals surface area contributed by atoms with Crippen LogP contribution in [0.1, 0.15) is 38.3 Å². The second-order valence-corrected chi connectivity index (χ2v) is 8.06. The van der Waals surface area contributed by atoms with Gasteiger partial charge in [-0.25, -0.2) is 9.97 Å². The number of aromatic nitrogens is 2. The molecule has 2 fully saturated rings. The van der Waals surface area contributed by atoms with Crippen LogP contribution < -0.4 is 4.90 Å². The van der Waals surface area contributed by atoms with Gasteiger partial charge in [-0.1, -0.05) is 12.8 Å². The molecule has 2 amide bonds. The van der Waals surface area contributed by atoms with Crippen LogP contribution in [0.3, 0.4) is 0 Å². The molecule has 0 spiro atoms. The molecule has 0 unspecified atom stereocenters. The summed E-state index contributed by atoms with van der Waals surface area (Å²) in [6.07, 6.45) is 6.65. The van der Waals surface area contributed by atoms with Crippen molar-refractivity contribution in [2.75, 3.05) is 45.2 Å². The van der Waals surface area contributed by atoms with Crippen LogP contribution in [0.2, 0.25) is 0 Å². The zero-order chi connectivity index (χ0) is 19.4. The summed E-state index contributed by atoms with van der Waals surface area (Å²) < 4.78 is 0. The molecule has 2 heterocycles. The summed E-state index contributed by atoms with van der Waals surface area (Å²) in [6.45, 7) is 4.24. The van der Waals surface area contributed by atoms with Crippen LogP contribution in [0.15, 0.2) is 12.4 Å². The number of anilines is 1. The molecule has 7 nitrogen and oxygen atoms in total. The van der Waals surface area contributed by atoms with Gasteiger partial charge in [0, 0.05) is 64.9 Å². The van der Waals surface area contributed by atoms with E-state index in [2.05, 4.69) is 9.97 Å². The van der Waals surface area contributed by atoms with Crippen molar-refractivity contribution in [3.05, 3.63) is 18.1 Å². The second kappa shape index (κ2) is 8.67. The third-order valence-electron chi connectivity index (χ3n) is 5.72. The highest BCUT2D eigenvalue weighted by Gasteiger charge is 2.32. The molecule has 1 saturated heterocycles. The molecule has 27 heavy (non-hydrogen) atoms. The average Bonchev–Trinajstić information content (AvgIpc) is 3.09. The van der Waals surface area contributed by atoms with Gasteiger partial charge in [0.05, 0.1) is 0 Å². The molecule has 2 aliphatic rings. The third-order valence-corrected chi connectivity index (χ3v) is 5.72. The van der Waals surface area contributed by atoms with Crippen molar-refractivity contribution in [3.8, 4) is 0 Å². The van der Waals surface area contributed by atoms with E-state index in [1.54, 1.807) is 13.3 Å². The number of hydrogen-bond donors (Lipinski definition) is 0. The van der Waals surface area contributed by atoms with E-state index in [0.29, 0.717) is 26.2 Å². The number of rotatable bonds is 4. The van der Waals surface area contributed by atoms with Gasteiger partial charge in [-0.15, -0.1) is 0 Å². The molecule has 3 rings (SSSR count). The van der Waals surface area contributed by atoms with Gasteiger partial charge in [-0.05, 0) is 25.2 Å². The van der Waals surface area contributed by atoms with Gasteiger partial charge >= 0.3 is 0 Å². The molecule has 1 atom stereocenters. The lowest BCUT2D eigenvalue weighted by Crippen LogP contribution is -2.39. The minimum absolute atomic E-state index is 0.0758. The number of hydrogen-bond acceptors (Lipinski definition) is 5. The standard InChI is InChI=1S/C20H31N5O2/c1-15(26)24-8-9-25(20(27)17-6-4-5-7-17)13-16(12-24)10-18-11-19(23(2)3)22-14-21-18/h11,14,16-17H,4-10,12-13H2,1-3H3/t16-/m0/s1. The monoisotopic (exact) mass is 373 g/mol. The van der Waals surface area contributed by atoms with Crippen LogP contribution in [0.4, 0.5) is 5.82 Å². The van der Waals surface area contributed by atoms with Crippen molar-refractivity contribution in [1.29, 1.82) is 0 Å². The maximum absolute atomic E-state index is 13.0. The lowest BCUT2D eigenvalue weighted by atomic mass is 10.0. The molecule has 1 aliphatic carbocycles. The van der Waals surface area contributed by atoms with E-state index in [-0.39, 0.29) is 23.7 Å². The topological polar surface area (TPSA) is 69.6 Å². The second-order valence-electron chi connectivity index (χ2n) is 8.06. The normalized spacial score (nSPS) is 21.2. The average molecular weight is 374 g/mol. The van der Waals surface area contributed by atoms with Gasteiger partial charge in [0.25, 0.3) is 0 Å². The molecule has 7 heteroatoms. The molecule has 1 aromatic heterocycles. The first-order chi connectivity index (χ1) is 12.9. The number of carbonyl (C=O) groups is 2. The Morgan fingerprint density at radius 1 is 1.11 bits per heavy atom. The van der Waals surface area contributed by atoms with Gasteiger partial charge in [-0.2, -0.15) is 0 Å². The number of amides is 2. The smallest absolute Gasteiger partial charge is 0.225 e. The fourth-order valence-corrected chi connectivity index (χ4v) is 4.19. The molecular weight excluding hydrogens is 342 g/mol. The molecule has 1 saturated carbocycles. The highest BCUT2D eigenvalue weighted by molar-refractivity contribution is 5.79. The first-order valence-electron chi connectivity index (χ1n) is 9.96. The maximum atomic E-state index is 13.0. The molecule has 0 bridgehead atoms. The predicted molar refractivity (Wildman–Crippen MR) is 104 cm³/mol. The lowest BCUT2D eigenvalue weighted by Gasteiger charge is -2.26. The fourth-order valence-electron chi connectivity index (χ4n) is 4.19. The van der Waals surface area contributed by atoms with Crippen molar-refractivity contribution in [1.82, 2.24) is 19.8 Å². The van der Waals surface area contributed by atoms with E-state index < -0.39 is 0 Å². The van der Waals surface area contributed by atoms with Crippen molar-refractivity contribution in [2.24, 2.45) is 11.8 Å². The molecule has 0 aromatic carbocycles. The molecule has 0 radical (unpaired) electrons. The van der Waals surface area contributed by atoms with E-state index in [1.165, 1.54) is 0 Å². The summed E-state index contributed by atoms with van der Waals surface area (Å²) in [5, 5.41) is 0. The Morgan fingerprint density at radius 3 is 2.44 bits per heavy atom. The van der Waals surface area contributed by atoms with E-state index in [4.69, 9.17) is 0 Å². The van der Waals surface area contributed by atoms with Crippen molar-refractivity contribution in [3.63, 3.8) is 0 Å². The zero-order valence-corrected chi connectivity index (χ0v) is 16.7. The first-order valence-corrected chi connectivity index (χ1v) is 9.96. The number of nitrogens with zero attached hydrogens (tertiary/aromatic N) is 5. The Labute approximate surface area is 161 Å². The van der Waals surface area contributed by atoms with Crippen LogP contribution in [0.5, 0.6) is 0 Å². The third kappa shape index (κ3) is 4.96. The van der Waals surface area contributed by atoms with Crippen LogP contribution in [-0.4, -0.2) is 71.9 Å². The van der Waals surface area contributed by atoms with Crippen LogP contribution in [0, 0.1) is 11.8 Å². The Morgan fingerprint density at radius 2 is 1.78 bits per heavy atom. The van der Waals surface area contributed by atoms with Gasteiger partial charge in [0.2, 0.25) is 11.8 Å². The Kier molecular flexibility index (Phi) is 6.29. The summed E-state index contributed by atoms with van der Waals surface area (Å²) >= 11 is 0. The summed E-state index contributed by atoms with van der Waals surface area (Å²) in [5.74, 6) is 1.59. The maximum Gasteiger partial charge on any atom is 0.225 e. The predicted octanol–water partition coefficient (Wildman–Crippen LogP) is 1.58.